The highest BCUT2D eigenvalue weighted by molar-refractivity contribution is 9.11. The minimum absolute atomic E-state index is 0.0469. The van der Waals surface area contributed by atoms with Gasteiger partial charge in [0.15, 0.2) is 0 Å². The summed E-state index contributed by atoms with van der Waals surface area (Å²) in [5.74, 6) is 0. The van der Waals surface area contributed by atoms with Crippen molar-refractivity contribution >= 4 is 50.7 Å². The number of hydrogen-bond donors (Lipinski definition) is 0. The van der Waals surface area contributed by atoms with Crippen LogP contribution in [0.2, 0.25) is 0 Å². The first-order valence-electron chi connectivity index (χ1n) is 4.57. The highest BCUT2D eigenvalue weighted by atomic mass is 79.9. The molecule has 1 aliphatic rings. The maximum atomic E-state index is 6.37. The molecule has 4 atom stereocenters. The predicted molar refractivity (Wildman–Crippen MR) is 68.9 cm³/mol. The van der Waals surface area contributed by atoms with Crippen molar-refractivity contribution in [3.63, 3.8) is 0 Å². The van der Waals surface area contributed by atoms with Crippen LogP contribution < -0.4 is 0 Å². The maximum Gasteiger partial charge on any atom is 0.0591 e. The highest BCUT2D eigenvalue weighted by Crippen LogP contribution is 2.49. The normalized spacial score (nSPS) is 49.9. The molecular formula is C10H14BrCl3. The molecule has 1 aliphatic carbocycles. The number of rotatable bonds is 1. The van der Waals surface area contributed by atoms with E-state index in [4.69, 9.17) is 34.8 Å². The van der Waals surface area contributed by atoms with Crippen LogP contribution in [0.15, 0.2) is 11.1 Å². The van der Waals surface area contributed by atoms with Crippen LogP contribution in [0.25, 0.3) is 0 Å². The molecule has 0 aromatic carbocycles. The summed E-state index contributed by atoms with van der Waals surface area (Å²) in [7, 11) is 0. The Kier molecular flexibility index (Phi) is 4.26. The highest BCUT2D eigenvalue weighted by Gasteiger charge is 2.47. The molecule has 0 saturated heterocycles. The zero-order chi connectivity index (χ0) is 11.0. The smallest absolute Gasteiger partial charge is 0.0591 e. The summed E-state index contributed by atoms with van der Waals surface area (Å²) < 4.78 is 0. The lowest BCUT2D eigenvalue weighted by Gasteiger charge is -2.45. The third kappa shape index (κ3) is 2.61. The van der Waals surface area contributed by atoms with Crippen molar-refractivity contribution in [3.8, 4) is 0 Å². The van der Waals surface area contributed by atoms with Crippen LogP contribution in [0, 0.1) is 5.41 Å². The molecule has 0 aliphatic heterocycles. The van der Waals surface area contributed by atoms with E-state index in [1.807, 2.05) is 11.9 Å². The van der Waals surface area contributed by atoms with Crippen molar-refractivity contribution in [2.24, 2.45) is 5.41 Å². The Morgan fingerprint density at radius 1 is 1.29 bits per heavy atom. The van der Waals surface area contributed by atoms with Crippen LogP contribution in [0.3, 0.4) is 0 Å². The Morgan fingerprint density at radius 3 is 2.36 bits per heavy atom. The third-order valence-electron chi connectivity index (χ3n) is 2.95. The molecule has 0 radical (unpaired) electrons. The van der Waals surface area contributed by atoms with Gasteiger partial charge in [0.25, 0.3) is 0 Å². The molecule has 4 heteroatoms. The van der Waals surface area contributed by atoms with Gasteiger partial charge in [-0.15, -0.1) is 34.8 Å². The minimum atomic E-state index is -0.367. The van der Waals surface area contributed by atoms with Gasteiger partial charge in [0.1, 0.15) is 0 Å². The molecule has 1 fully saturated rings. The third-order valence-corrected chi connectivity index (χ3v) is 5.06. The second-order valence-electron chi connectivity index (χ2n) is 4.42. The van der Waals surface area contributed by atoms with E-state index >= 15 is 0 Å². The van der Waals surface area contributed by atoms with Crippen molar-refractivity contribution in [2.45, 2.75) is 42.3 Å². The van der Waals surface area contributed by atoms with E-state index in [0.29, 0.717) is 0 Å². The van der Waals surface area contributed by atoms with Gasteiger partial charge in [-0.3, -0.25) is 0 Å². The Hall–Kier alpha value is 1.09. The molecule has 0 aromatic rings. The van der Waals surface area contributed by atoms with E-state index in [1.54, 1.807) is 0 Å². The number of allylic oxidation sites excluding steroid dienone is 1. The van der Waals surface area contributed by atoms with Crippen molar-refractivity contribution in [2.75, 3.05) is 0 Å². The SMILES string of the molecule is CC1(Cl)CC(C)(C=CBr)C(Cl)CC1Cl. The zero-order valence-electron chi connectivity index (χ0n) is 8.24. The van der Waals surface area contributed by atoms with Gasteiger partial charge in [-0.1, -0.05) is 28.9 Å². The Bertz CT molecular complexity index is 240. The average Bonchev–Trinajstić information content (AvgIpc) is 2.01. The molecule has 4 unspecified atom stereocenters. The average molecular weight is 320 g/mol. The topological polar surface area (TPSA) is 0 Å². The fourth-order valence-corrected chi connectivity index (χ4v) is 3.63. The van der Waals surface area contributed by atoms with Crippen LogP contribution in [0.4, 0.5) is 0 Å². The molecule has 0 spiro atoms. The van der Waals surface area contributed by atoms with Crippen molar-refractivity contribution in [1.82, 2.24) is 0 Å². The Morgan fingerprint density at radius 2 is 1.86 bits per heavy atom. The van der Waals surface area contributed by atoms with Gasteiger partial charge >= 0.3 is 0 Å². The van der Waals surface area contributed by atoms with Gasteiger partial charge in [-0.2, -0.15) is 0 Å². The number of halogens is 4. The molecule has 0 bridgehead atoms. The van der Waals surface area contributed by atoms with Crippen molar-refractivity contribution < 1.29 is 0 Å². The first kappa shape index (κ1) is 13.2. The first-order chi connectivity index (χ1) is 6.32. The van der Waals surface area contributed by atoms with Crippen molar-refractivity contribution in [1.29, 1.82) is 0 Å². The van der Waals surface area contributed by atoms with Gasteiger partial charge in [-0.25, -0.2) is 0 Å². The van der Waals surface area contributed by atoms with Gasteiger partial charge in [0, 0.05) is 10.8 Å². The Balaban J connectivity index is 2.89. The molecule has 0 amide bonds. The molecule has 1 saturated carbocycles. The summed E-state index contributed by atoms with van der Waals surface area (Å²) in [6.07, 6.45) is 3.61. The largest absolute Gasteiger partial charge is 0.122 e. The Labute approximate surface area is 109 Å². The van der Waals surface area contributed by atoms with Crippen LogP contribution in [0.1, 0.15) is 26.7 Å². The van der Waals surface area contributed by atoms with E-state index in [-0.39, 0.29) is 21.0 Å². The van der Waals surface area contributed by atoms with E-state index < -0.39 is 0 Å². The fourth-order valence-electron chi connectivity index (χ4n) is 1.97. The van der Waals surface area contributed by atoms with Crippen molar-refractivity contribution in [3.05, 3.63) is 11.1 Å². The van der Waals surface area contributed by atoms with Gasteiger partial charge in [0.05, 0.1) is 10.3 Å². The summed E-state index contributed by atoms with van der Waals surface area (Å²) in [5, 5.41) is -0.00547. The van der Waals surface area contributed by atoms with E-state index in [2.05, 4.69) is 28.9 Å². The van der Waals surface area contributed by atoms with Crippen LogP contribution in [-0.2, 0) is 0 Å². The molecule has 14 heavy (non-hydrogen) atoms. The van der Waals surface area contributed by atoms with Gasteiger partial charge in [-0.05, 0) is 24.8 Å². The van der Waals surface area contributed by atoms with Gasteiger partial charge < -0.3 is 0 Å². The lowest BCUT2D eigenvalue weighted by Crippen LogP contribution is -2.47. The maximum absolute atomic E-state index is 6.37. The van der Waals surface area contributed by atoms with E-state index in [1.165, 1.54) is 0 Å². The molecule has 0 N–H and O–H groups in total. The molecule has 0 aromatic heterocycles. The number of hydrogen-bond acceptors (Lipinski definition) is 0. The van der Waals surface area contributed by atoms with Crippen LogP contribution in [0.5, 0.6) is 0 Å². The first-order valence-corrected chi connectivity index (χ1v) is 6.73. The lowest BCUT2D eigenvalue weighted by molar-refractivity contribution is 0.253. The summed E-state index contributed by atoms with van der Waals surface area (Å²) in [4.78, 5) is 1.48. The quantitative estimate of drug-likeness (QED) is 0.602. The fraction of sp³-hybridized carbons (Fsp3) is 0.800. The standard InChI is InChI=1S/C10H14BrCl3/c1-9(3-4-11)6-10(2,14)8(13)5-7(9)12/h3-4,7-8H,5-6H2,1-2H3. The van der Waals surface area contributed by atoms with E-state index in [0.717, 1.165) is 12.8 Å². The molecule has 0 nitrogen and oxygen atoms in total. The van der Waals surface area contributed by atoms with Crippen LogP contribution in [-0.4, -0.2) is 15.6 Å². The molecule has 0 heterocycles. The molecular weight excluding hydrogens is 306 g/mol. The monoisotopic (exact) mass is 318 g/mol. The van der Waals surface area contributed by atoms with Gasteiger partial charge in [0.2, 0.25) is 0 Å². The lowest BCUT2D eigenvalue weighted by atomic mass is 9.70. The number of alkyl halides is 3. The molecule has 82 valence electrons. The second kappa shape index (κ2) is 4.53. The van der Waals surface area contributed by atoms with Crippen LogP contribution >= 0.6 is 50.7 Å². The van der Waals surface area contributed by atoms with E-state index in [9.17, 15) is 0 Å². The second-order valence-corrected chi connectivity index (χ2v) is 6.87. The summed E-state index contributed by atoms with van der Waals surface area (Å²) in [5.41, 5.74) is -0.0764. The predicted octanol–water partition coefficient (Wildman–Crippen LogP) is 4.91. The summed E-state index contributed by atoms with van der Waals surface area (Å²) >= 11 is 22.1. The minimum Gasteiger partial charge on any atom is -0.122 e. The summed E-state index contributed by atoms with van der Waals surface area (Å²) in [6.45, 7) is 4.10. The molecule has 1 rings (SSSR count). The zero-order valence-corrected chi connectivity index (χ0v) is 12.1. The summed E-state index contributed by atoms with van der Waals surface area (Å²) in [6, 6.07) is 0.